The van der Waals surface area contributed by atoms with Gasteiger partial charge in [0.1, 0.15) is 0 Å². The van der Waals surface area contributed by atoms with Crippen molar-refractivity contribution in [2.45, 2.75) is 38.6 Å². The number of aliphatic hydroxyl groups excluding tert-OH is 1. The van der Waals surface area contributed by atoms with Crippen LogP contribution in [0.25, 0.3) is 0 Å². The zero-order chi connectivity index (χ0) is 15.1. The van der Waals surface area contributed by atoms with Crippen LogP contribution in [0.5, 0.6) is 0 Å². The lowest BCUT2D eigenvalue weighted by molar-refractivity contribution is 0.174. The Labute approximate surface area is 127 Å². The van der Waals surface area contributed by atoms with Crippen LogP contribution in [0, 0.1) is 5.92 Å². The molecule has 21 heavy (non-hydrogen) atoms. The number of rotatable bonds is 6. The van der Waals surface area contributed by atoms with E-state index < -0.39 is 0 Å². The predicted octanol–water partition coefficient (Wildman–Crippen LogP) is 2.42. The number of nitrogens with one attached hydrogen (secondary N) is 1. The van der Waals surface area contributed by atoms with Gasteiger partial charge < -0.3 is 15.3 Å². The largest absolute Gasteiger partial charge is 0.395 e. The summed E-state index contributed by atoms with van der Waals surface area (Å²) in [5.41, 5.74) is 1.34. The lowest BCUT2D eigenvalue weighted by Crippen LogP contribution is -2.47. The quantitative estimate of drug-likeness (QED) is 0.845. The van der Waals surface area contributed by atoms with E-state index in [0.717, 1.165) is 12.8 Å². The van der Waals surface area contributed by atoms with E-state index in [2.05, 4.69) is 29.6 Å². The number of amides is 2. The minimum absolute atomic E-state index is 0.0133. The van der Waals surface area contributed by atoms with Crippen molar-refractivity contribution in [3.05, 3.63) is 35.9 Å². The number of hydrogen-bond acceptors (Lipinski definition) is 2. The Balaban J connectivity index is 1.91. The van der Waals surface area contributed by atoms with Crippen molar-refractivity contribution < 1.29 is 9.90 Å². The molecule has 1 aromatic rings. The molecule has 2 N–H and O–H groups in total. The molecule has 1 fully saturated rings. The van der Waals surface area contributed by atoms with E-state index in [1.807, 2.05) is 13.0 Å². The van der Waals surface area contributed by atoms with E-state index in [1.54, 1.807) is 4.90 Å². The molecule has 4 heteroatoms. The molecule has 0 saturated heterocycles. The minimum atomic E-state index is -0.0449. The summed E-state index contributed by atoms with van der Waals surface area (Å²) in [5.74, 6) is 0.518. The third kappa shape index (κ3) is 4.46. The Hall–Kier alpha value is -1.55. The van der Waals surface area contributed by atoms with Crippen molar-refractivity contribution >= 4 is 6.03 Å². The Bertz CT molecular complexity index is 436. The molecule has 1 aromatic carbocycles. The second kappa shape index (κ2) is 8.03. The zero-order valence-corrected chi connectivity index (χ0v) is 12.8. The lowest BCUT2D eigenvalue weighted by Gasteiger charge is -2.26. The van der Waals surface area contributed by atoms with E-state index >= 15 is 0 Å². The topological polar surface area (TPSA) is 52.6 Å². The Morgan fingerprint density at radius 1 is 1.33 bits per heavy atom. The van der Waals surface area contributed by atoms with Gasteiger partial charge in [0.05, 0.1) is 6.61 Å². The summed E-state index contributed by atoms with van der Waals surface area (Å²) in [6.07, 6.45) is 4.43. The van der Waals surface area contributed by atoms with Crippen molar-refractivity contribution in [1.29, 1.82) is 0 Å². The Morgan fingerprint density at radius 2 is 2.10 bits per heavy atom. The van der Waals surface area contributed by atoms with Crippen molar-refractivity contribution in [2.24, 2.45) is 5.92 Å². The summed E-state index contributed by atoms with van der Waals surface area (Å²) < 4.78 is 0. The Kier molecular flexibility index (Phi) is 6.05. The van der Waals surface area contributed by atoms with Gasteiger partial charge in [-0.15, -0.1) is 0 Å². The Morgan fingerprint density at radius 3 is 2.76 bits per heavy atom. The van der Waals surface area contributed by atoms with Gasteiger partial charge in [-0.05, 0) is 37.7 Å². The summed E-state index contributed by atoms with van der Waals surface area (Å²) in [7, 11) is 0. The van der Waals surface area contributed by atoms with Crippen molar-refractivity contribution in [3.63, 3.8) is 0 Å². The second-order valence-electron chi connectivity index (χ2n) is 5.74. The maximum absolute atomic E-state index is 12.2. The van der Waals surface area contributed by atoms with Crippen LogP contribution in [0.1, 0.15) is 31.7 Å². The number of carbonyl (C=O) groups is 1. The molecule has 2 amide bonds. The average Bonchev–Trinajstić information content (AvgIpc) is 2.92. The second-order valence-corrected chi connectivity index (χ2v) is 5.74. The molecule has 0 aliphatic heterocycles. The highest BCUT2D eigenvalue weighted by atomic mass is 16.3. The summed E-state index contributed by atoms with van der Waals surface area (Å²) in [6, 6.07) is 10.7. The highest BCUT2D eigenvalue weighted by Crippen LogP contribution is 2.29. The molecule has 2 rings (SSSR count). The van der Waals surface area contributed by atoms with Crippen LogP contribution >= 0.6 is 0 Å². The maximum Gasteiger partial charge on any atom is 0.317 e. The molecule has 0 heterocycles. The number of nitrogens with zero attached hydrogens (tertiary/aromatic N) is 1. The molecule has 1 aliphatic carbocycles. The van der Waals surface area contributed by atoms with Crippen molar-refractivity contribution in [2.75, 3.05) is 19.7 Å². The number of carbonyl (C=O) groups excluding carboxylic acids is 1. The predicted molar refractivity (Wildman–Crippen MR) is 84.1 cm³/mol. The fraction of sp³-hybridized carbons (Fsp3) is 0.588. The van der Waals surface area contributed by atoms with Gasteiger partial charge in [0.2, 0.25) is 0 Å². The van der Waals surface area contributed by atoms with Gasteiger partial charge in [-0.25, -0.2) is 4.79 Å². The first-order valence-electron chi connectivity index (χ1n) is 7.94. The van der Waals surface area contributed by atoms with E-state index in [0.29, 0.717) is 19.0 Å². The van der Waals surface area contributed by atoms with Crippen LogP contribution in [0.15, 0.2) is 30.3 Å². The van der Waals surface area contributed by atoms with E-state index in [1.165, 1.54) is 18.4 Å². The maximum atomic E-state index is 12.2. The first kappa shape index (κ1) is 15.8. The molecule has 4 nitrogen and oxygen atoms in total. The summed E-state index contributed by atoms with van der Waals surface area (Å²) in [6.45, 7) is 2.98. The van der Waals surface area contributed by atoms with Crippen molar-refractivity contribution in [3.8, 4) is 0 Å². The van der Waals surface area contributed by atoms with Gasteiger partial charge >= 0.3 is 6.03 Å². The molecule has 0 bridgehead atoms. The van der Waals surface area contributed by atoms with Gasteiger partial charge in [0, 0.05) is 19.1 Å². The zero-order valence-electron chi connectivity index (χ0n) is 12.8. The third-order valence-corrected chi connectivity index (χ3v) is 4.35. The minimum Gasteiger partial charge on any atom is -0.395 e. The number of benzene rings is 1. The normalized spacial score (nSPS) is 21.2. The van der Waals surface area contributed by atoms with Gasteiger partial charge in [-0.2, -0.15) is 0 Å². The standard InChI is InChI=1S/C17H26N2O2/c1-2-19(11-12-20)17(21)18-16-10-6-9-15(16)13-14-7-4-3-5-8-14/h3-5,7-8,15-16,20H,2,6,9-13H2,1H3,(H,18,21). The van der Waals surface area contributed by atoms with Crippen molar-refractivity contribution in [1.82, 2.24) is 10.2 Å². The fourth-order valence-electron chi connectivity index (χ4n) is 3.16. The average molecular weight is 290 g/mol. The molecular weight excluding hydrogens is 264 g/mol. The smallest absolute Gasteiger partial charge is 0.317 e. The molecule has 116 valence electrons. The molecular formula is C17H26N2O2. The first-order chi connectivity index (χ1) is 10.2. The van der Waals surface area contributed by atoms with Crippen LogP contribution in [0.4, 0.5) is 4.79 Å². The molecule has 1 aliphatic rings. The number of hydrogen-bond donors (Lipinski definition) is 2. The molecule has 2 unspecified atom stereocenters. The van der Waals surface area contributed by atoms with Gasteiger partial charge in [0.25, 0.3) is 0 Å². The van der Waals surface area contributed by atoms with Crippen LogP contribution in [-0.2, 0) is 6.42 Å². The van der Waals surface area contributed by atoms with Crippen LogP contribution in [-0.4, -0.2) is 41.8 Å². The van der Waals surface area contributed by atoms with Crippen LogP contribution in [0.3, 0.4) is 0 Å². The van der Waals surface area contributed by atoms with E-state index in [-0.39, 0.29) is 18.7 Å². The molecule has 0 spiro atoms. The lowest BCUT2D eigenvalue weighted by atomic mass is 9.95. The third-order valence-electron chi connectivity index (χ3n) is 4.35. The number of likely N-dealkylation sites (N-methyl/N-ethyl adjacent to an activating group) is 1. The molecule has 2 atom stereocenters. The van der Waals surface area contributed by atoms with Crippen LogP contribution in [0.2, 0.25) is 0 Å². The first-order valence-corrected chi connectivity index (χ1v) is 7.94. The molecule has 0 aromatic heterocycles. The summed E-state index contributed by atoms with van der Waals surface area (Å²) in [4.78, 5) is 13.9. The highest BCUT2D eigenvalue weighted by molar-refractivity contribution is 5.74. The summed E-state index contributed by atoms with van der Waals surface area (Å²) in [5, 5.41) is 12.2. The monoisotopic (exact) mass is 290 g/mol. The summed E-state index contributed by atoms with van der Waals surface area (Å²) >= 11 is 0. The molecule has 0 radical (unpaired) electrons. The number of aliphatic hydroxyl groups is 1. The van der Waals surface area contributed by atoms with Gasteiger partial charge in [-0.3, -0.25) is 0 Å². The van der Waals surface area contributed by atoms with Gasteiger partial charge in [0.15, 0.2) is 0 Å². The molecule has 1 saturated carbocycles. The van der Waals surface area contributed by atoms with Crippen LogP contribution < -0.4 is 5.32 Å². The van der Waals surface area contributed by atoms with E-state index in [4.69, 9.17) is 5.11 Å². The van der Waals surface area contributed by atoms with E-state index in [9.17, 15) is 4.79 Å². The SMILES string of the molecule is CCN(CCO)C(=O)NC1CCCC1Cc1ccccc1. The fourth-order valence-corrected chi connectivity index (χ4v) is 3.16. The van der Waals surface area contributed by atoms with Gasteiger partial charge in [-0.1, -0.05) is 36.8 Å². The number of urea groups is 1. The highest BCUT2D eigenvalue weighted by Gasteiger charge is 2.29.